The SMILES string of the molecule is NC1(C(=O)c2ccccc2)N=NC(S(=O)(=O)Nc2c(F)cccc2F)=N1. The van der Waals surface area contributed by atoms with Gasteiger partial charge in [0.25, 0.3) is 21.0 Å². The van der Waals surface area contributed by atoms with E-state index in [9.17, 15) is 22.0 Å². The Morgan fingerprint density at radius 2 is 1.65 bits per heavy atom. The summed E-state index contributed by atoms with van der Waals surface area (Å²) < 4.78 is 53.5. The summed E-state index contributed by atoms with van der Waals surface area (Å²) >= 11 is 0. The number of para-hydroxylation sites is 1. The molecule has 1 aliphatic heterocycles. The Morgan fingerprint density at radius 1 is 1.04 bits per heavy atom. The number of hydrogen-bond acceptors (Lipinski definition) is 7. The summed E-state index contributed by atoms with van der Waals surface area (Å²) in [5, 5.41) is 5.75. The van der Waals surface area contributed by atoms with Gasteiger partial charge in [-0.25, -0.2) is 8.78 Å². The number of nitrogens with one attached hydrogen (secondary N) is 1. The molecule has 0 bridgehead atoms. The van der Waals surface area contributed by atoms with Crippen LogP contribution >= 0.6 is 0 Å². The molecule has 0 radical (unpaired) electrons. The van der Waals surface area contributed by atoms with Crippen LogP contribution in [0.1, 0.15) is 10.4 Å². The molecule has 0 fully saturated rings. The molecule has 2 aromatic rings. The smallest absolute Gasteiger partial charge is 0.287 e. The molecule has 26 heavy (non-hydrogen) atoms. The van der Waals surface area contributed by atoms with Crippen molar-refractivity contribution in [3.8, 4) is 0 Å². The molecule has 0 aliphatic carbocycles. The van der Waals surface area contributed by atoms with Gasteiger partial charge in [-0.1, -0.05) is 36.4 Å². The van der Waals surface area contributed by atoms with Gasteiger partial charge in [-0.3, -0.25) is 15.3 Å². The molecule has 0 saturated carbocycles. The van der Waals surface area contributed by atoms with Gasteiger partial charge in [0.15, 0.2) is 0 Å². The van der Waals surface area contributed by atoms with Gasteiger partial charge < -0.3 is 0 Å². The monoisotopic (exact) mass is 379 g/mol. The number of nitrogens with two attached hydrogens (primary N) is 1. The zero-order valence-electron chi connectivity index (χ0n) is 12.9. The average molecular weight is 379 g/mol. The average Bonchev–Trinajstić information content (AvgIpc) is 3.03. The Labute approximate surface area is 146 Å². The van der Waals surface area contributed by atoms with Crippen LogP contribution < -0.4 is 10.5 Å². The lowest BCUT2D eigenvalue weighted by atomic mass is 10.1. The lowest BCUT2D eigenvalue weighted by molar-refractivity contribution is 0.0899. The molecule has 1 atom stereocenters. The van der Waals surface area contributed by atoms with Crippen molar-refractivity contribution >= 4 is 26.7 Å². The van der Waals surface area contributed by atoms with Gasteiger partial charge in [0, 0.05) is 5.56 Å². The molecular formula is C15H11F2N5O3S. The number of benzene rings is 2. The zero-order chi connectivity index (χ0) is 18.9. The van der Waals surface area contributed by atoms with Gasteiger partial charge >= 0.3 is 0 Å². The summed E-state index contributed by atoms with van der Waals surface area (Å²) in [5.74, 6) is -5.34. The summed E-state index contributed by atoms with van der Waals surface area (Å²) in [5.41, 5.74) is 4.97. The van der Waals surface area contributed by atoms with Gasteiger partial charge in [0.1, 0.15) is 17.3 Å². The maximum Gasteiger partial charge on any atom is 0.299 e. The molecule has 1 heterocycles. The number of amidine groups is 1. The number of ketones is 1. The number of rotatable bonds is 4. The second-order valence-corrected chi connectivity index (χ2v) is 6.79. The fraction of sp³-hybridized carbons (Fsp3) is 0.0667. The Balaban J connectivity index is 1.92. The van der Waals surface area contributed by atoms with Crippen LogP contribution in [0.5, 0.6) is 0 Å². The second kappa shape index (κ2) is 6.35. The van der Waals surface area contributed by atoms with Crippen molar-refractivity contribution in [1.82, 2.24) is 0 Å². The van der Waals surface area contributed by atoms with Crippen LogP contribution in [0.15, 0.2) is 63.8 Å². The summed E-state index contributed by atoms with van der Waals surface area (Å²) in [4.78, 5) is 15.9. The topological polar surface area (TPSA) is 126 Å². The summed E-state index contributed by atoms with van der Waals surface area (Å²) in [7, 11) is -4.62. The van der Waals surface area contributed by atoms with Crippen molar-refractivity contribution < 1.29 is 22.0 Å². The Hall–Kier alpha value is -3.05. The molecule has 3 N–H and O–H groups in total. The fourth-order valence-electron chi connectivity index (χ4n) is 2.10. The van der Waals surface area contributed by atoms with Crippen molar-refractivity contribution in [3.63, 3.8) is 0 Å². The van der Waals surface area contributed by atoms with E-state index in [4.69, 9.17) is 5.73 Å². The highest BCUT2D eigenvalue weighted by molar-refractivity contribution is 8.07. The summed E-state index contributed by atoms with van der Waals surface area (Å²) in [6, 6.07) is 10.5. The van der Waals surface area contributed by atoms with E-state index in [0.29, 0.717) is 0 Å². The number of carbonyl (C=O) groups is 1. The van der Waals surface area contributed by atoms with Crippen LogP contribution in [-0.2, 0) is 10.0 Å². The van der Waals surface area contributed by atoms with Crippen LogP contribution in [0.25, 0.3) is 0 Å². The van der Waals surface area contributed by atoms with Crippen molar-refractivity contribution in [2.24, 2.45) is 21.0 Å². The first-order valence-corrected chi connectivity index (χ1v) is 8.59. The number of Topliss-reactive ketones (excluding diaryl/α,β-unsaturated/α-hetero) is 1. The molecular weight excluding hydrogens is 368 g/mol. The van der Waals surface area contributed by atoms with Crippen LogP contribution in [0.3, 0.4) is 0 Å². The maximum atomic E-state index is 13.6. The van der Waals surface area contributed by atoms with Crippen molar-refractivity contribution in [3.05, 3.63) is 65.7 Å². The molecule has 0 aromatic heterocycles. The van der Waals surface area contributed by atoms with Crippen LogP contribution in [0.2, 0.25) is 0 Å². The lowest BCUT2D eigenvalue weighted by Gasteiger charge is -2.13. The van der Waals surface area contributed by atoms with Gasteiger partial charge in [0.05, 0.1) is 0 Å². The predicted octanol–water partition coefficient (Wildman–Crippen LogP) is 2.02. The summed E-state index contributed by atoms with van der Waals surface area (Å²) in [6.45, 7) is 0. The minimum absolute atomic E-state index is 0.143. The van der Waals surface area contributed by atoms with Crippen LogP contribution in [0.4, 0.5) is 14.5 Å². The zero-order valence-corrected chi connectivity index (χ0v) is 13.7. The van der Waals surface area contributed by atoms with Crippen molar-refractivity contribution in [2.75, 3.05) is 4.72 Å². The number of aliphatic imine (C=N–C) groups is 1. The van der Waals surface area contributed by atoms with E-state index >= 15 is 0 Å². The van der Waals surface area contributed by atoms with E-state index in [-0.39, 0.29) is 5.56 Å². The first kappa shape index (κ1) is 17.8. The van der Waals surface area contributed by atoms with Crippen LogP contribution in [-0.4, -0.2) is 25.2 Å². The van der Waals surface area contributed by atoms with E-state index in [0.717, 1.165) is 18.2 Å². The third-order valence-electron chi connectivity index (χ3n) is 3.36. The number of azo groups is 1. The molecule has 1 unspecified atom stereocenters. The lowest BCUT2D eigenvalue weighted by Crippen LogP contribution is -2.43. The second-order valence-electron chi connectivity index (χ2n) is 5.22. The minimum Gasteiger partial charge on any atom is -0.287 e. The number of anilines is 1. The quantitative estimate of drug-likeness (QED) is 0.788. The van der Waals surface area contributed by atoms with Gasteiger partial charge in [-0.15, -0.1) is 10.2 Å². The highest BCUT2D eigenvalue weighted by Gasteiger charge is 2.42. The first-order valence-electron chi connectivity index (χ1n) is 7.11. The molecule has 0 amide bonds. The molecule has 2 aromatic carbocycles. The number of halogens is 2. The molecule has 1 aliphatic rings. The maximum absolute atomic E-state index is 13.6. The Kier molecular flexibility index (Phi) is 4.34. The van der Waals surface area contributed by atoms with Crippen LogP contribution in [0, 0.1) is 11.6 Å². The molecule has 3 rings (SSSR count). The molecule has 11 heteroatoms. The number of sulfonamides is 1. The molecule has 0 spiro atoms. The fourth-order valence-corrected chi connectivity index (χ4v) is 3.06. The Morgan fingerprint density at radius 3 is 2.27 bits per heavy atom. The van der Waals surface area contributed by atoms with Gasteiger partial charge in [-0.05, 0) is 12.1 Å². The van der Waals surface area contributed by atoms with E-state index in [1.807, 2.05) is 0 Å². The van der Waals surface area contributed by atoms with Gasteiger partial charge in [0.2, 0.25) is 5.78 Å². The Bertz CT molecular complexity index is 1020. The largest absolute Gasteiger partial charge is 0.299 e. The van der Waals surface area contributed by atoms with Crippen molar-refractivity contribution in [2.45, 2.75) is 5.79 Å². The molecule has 8 nitrogen and oxygen atoms in total. The molecule has 0 saturated heterocycles. The number of nitrogens with zero attached hydrogens (tertiary/aromatic N) is 3. The number of hydrogen-bond donors (Lipinski definition) is 2. The van der Waals surface area contributed by atoms with E-state index < -0.39 is 44.1 Å². The van der Waals surface area contributed by atoms with E-state index in [1.54, 1.807) is 22.9 Å². The van der Waals surface area contributed by atoms with E-state index in [1.165, 1.54) is 12.1 Å². The highest BCUT2D eigenvalue weighted by atomic mass is 32.2. The van der Waals surface area contributed by atoms with Gasteiger partial charge in [-0.2, -0.15) is 13.4 Å². The molecule has 134 valence electrons. The van der Waals surface area contributed by atoms with E-state index in [2.05, 4.69) is 15.2 Å². The minimum atomic E-state index is -4.62. The summed E-state index contributed by atoms with van der Waals surface area (Å²) in [6.07, 6.45) is 0. The number of carbonyl (C=O) groups excluding carboxylic acids is 1. The predicted molar refractivity (Wildman–Crippen MR) is 88.9 cm³/mol. The van der Waals surface area contributed by atoms with Crippen molar-refractivity contribution in [1.29, 1.82) is 0 Å². The standard InChI is InChI=1S/C15H11F2N5O3S/c16-10-7-4-8-11(17)12(10)21-26(24,25)14-19-15(18,22-20-14)13(23)9-5-2-1-3-6-9/h1-8,21H,18H2. The third-order valence-corrected chi connectivity index (χ3v) is 4.49. The highest BCUT2D eigenvalue weighted by Crippen LogP contribution is 2.24. The first-order chi connectivity index (χ1) is 12.2. The normalized spacial score (nSPS) is 19.3. The third kappa shape index (κ3) is 3.21.